The zero-order valence-corrected chi connectivity index (χ0v) is 17.9. The number of amides is 1. The molecule has 1 aromatic carbocycles. The minimum Gasteiger partial charge on any atom is -0.354 e. The summed E-state index contributed by atoms with van der Waals surface area (Å²) < 4.78 is 27.1. The van der Waals surface area contributed by atoms with E-state index < -0.39 is 10.0 Å². The molecule has 152 valence electrons. The van der Waals surface area contributed by atoms with E-state index in [1.54, 1.807) is 17.5 Å². The van der Waals surface area contributed by atoms with Crippen LogP contribution in [-0.2, 0) is 14.8 Å². The number of sulfonamides is 1. The lowest BCUT2D eigenvalue weighted by atomic mass is 9.97. The minimum absolute atomic E-state index is 0.0101. The molecule has 1 fully saturated rings. The van der Waals surface area contributed by atoms with E-state index in [2.05, 4.69) is 22.3 Å². The highest BCUT2D eigenvalue weighted by Gasteiger charge is 2.32. The molecule has 1 saturated heterocycles. The summed E-state index contributed by atoms with van der Waals surface area (Å²) >= 11 is 1.23. The number of thiophene rings is 1. The molecule has 3 rings (SSSR count). The highest BCUT2D eigenvalue weighted by molar-refractivity contribution is 7.91. The number of hydrogen-bond donors (Lipinski definition) is 1. The van der Waals surface area contributed by atoms with Crippen LogP contribution in [0.3, 0.4) is 0 Å². The maximum Gasteiger partial charge on any atom is 0.252 e. The predicted molar refractivity (Wildman–Crippen MR) is 112 cm³/mol. The van der Waals surface area contributed by atoms with Crippen molar-refractivity contribution in [2.45, 2.75) is 23.1 Å². The molecule has 1 amide bonds. The number of benzene rings is 1. The topological polar surface area (TPSA) is 69.7 Å². The third-order valence-corrected chi connectivity index (χ3v) is 8.46. The van der Waals surface area contributed by atoms with Crippen LogP contribution < -0.4 is 5.32 Å². The van der Waals surface area contributed by atoms with Crippen LogP contribution in [0, 0.1) is 5.92 Å². The van der Waals surface area contributed by atoms with Gasteiger partial charge in [-0.3, -0.25) is 4.79 Å². The van der Waals surface area contributed by atoms with Crippen LogP contribution in [-0.4, -0.2) is 57.3 Å². The quantitative estimate of drug-likeness (QED) is 0.746. The summed E-state index contributed by atoms with van der Waals surface area (Å²) in [7, 11) is 0.568. The Morgan fingerprint density at radius 3 is 2.43 bits per heavy atom. The van der Waals surface area contributed by atoms with Crippen LogP contribution in [0.2, 0.25) is 0 Å². The summed E-state index contributed by atoms with van der Waals surface area (Å²) in [5.74, 6) is -0.135. The van der Waals surface area contributed by atoms with Gasteiger partial charge < -0.3 is 10.2 Å². The van der Waals surface area contributed by atoms with Gasteiger partial charge in [-0.15, -0.1) is 11.3 Å². The first kappa shape index (κ1) is 21.0. The van der Waals surface area contributed by atoms with Crippen LogP contribution in [0.15, 0.2) is 52.1 Å². The summed E-state index contributed by atoms with van der Waals surface area (Å²) in [5, 5.41) is 4.83. The van der Waals surface area contributed by atoms with Gasteiger partial charge in [0, 0.05) is 25.6 Å². The van der Waals surface area contributed by atoms with E-state index in [0.717, 1.165) is 5.56 Å². The number of hydrogen-bond acceptors (Lipinski definition) is 5. The molecule has 2 heterocycles. The van der Waals surface area contributed by atoms with Crippen LogP contribution in [0.1, 0.15) is 24.4 Å². The molecule has 8 heteroatoms. The minimum atomic E-state index is -3.43. The monoisotopic (exact) mass is 421 g/mol. The van der Waals surface area contributed by atoms with Crippen molar-refractivity contribution in [3.05, 3.63) is 53.4 Å². The lowest BCUT2D eigenvalue weighted by Crippen LogP contribution is -2.44. The van der Waals surface area contributed by atoms with Crippen molar-refractivity contribution in [2.24, 2.45) is 5.92 Å². The van der Waals surface area contributed by atoms with Gasteiger partial charge in [0.05, 0.1) is 6.04 Å². The molecule has 0 saturated carbocycles. The molecule has 1 atom stereocenters. The summed E-state index contributed by atoms with van der Waals surface area (Å²) in [6.45, 7) is 1.30. The third-order valence-electron chi connectivity index (χ3n) is 5.19. The maximum absolute atomic E-state index is 12.6. The van der Waals surface area contributed by atoms with E-state index in [4.69, 9.17) is 0 Å². The van der Waals surface area contributed by atoms with Gasteiger partial charge in [-0.2, -0.15) is 4.31 Å². The molecular formula is C20H27N3O3S2. The molecule has 1 N–H and O–H groups in total. The highest BCUT2D eigenvalue weighted by atomic mass is 32.2. The van der Waals surface area contributed by atoms with Gasteiger partial charge in [0.1, 0.15) is 4.21 Å². The van der Waals surface area contributed by atoms with Gasteiger partial charge >= 0.3 is 0 Å². The second-order valence-corrected chi connectivity index (χ2v) is 10.4. The van der Waals surface area contributed by atoms with Crippen molar-refractivity contribution in [3.63, 3.8) is 0 Å². The second-order valence-electron chi connectivity index (χ2n) is 7.25. The molecule has 28 heavy (non-hydrogen) atoms. The normalized spacial score (nSPS) is 17.5. The Kier molecular flexibility index (Phi) is 6.87. The lowest BCUT2D eigenvalue weighted by molar-refractivity contribution is -0.126. The van der Waals surface area contributed by atoms with E-state index in [9.17, 15) is 13.2 Å². The van der Waals surface area contributed by atoms with Crippen molar-refractivity contribution in [3.8, 4) is 0 Å². The van der Waals surface area contributed by atoms with Crippen molar-refractivity contribution < 1.29 is 13.2 Å². The average molecular weight is 422 g/mol. The van der Waals surface area contributed by atoms with Gasteiger partial charge in [0.2, 0.25) is 5.91 Å². The standard InChI is InChI=1S/C20H27N3O3S2/c1-22(2)18(16-7-4-3-5-8-16)15-21-20(24)17-10-12-23(13-11-17)28(25,26)19-9-6-14-27-19/h3-9,14,17-18H,10-13,15H2,1-2H3,(H,21,24). The third kappa shape index (κ3) is 4.81. The Balaban J connectivity index is 1.54. The largest absolute Gasteiger partial charge is 0.354 e. The Morgan fingerprint density at radius 1 is 1.18 bits per heavy atom. The molecule has 6 nitrogen and oxygen atoms in total. The summed E-state index contributed by atoms with van der Waals surface area (Å²) in [6.07, 6.45) is 1.10. The number of nitrogens with one attached hydrogen (secondary N) is 1. The molecular weight excluding hydrogens is 394 g/mol. The fourth-order valence-corrected chi connectivity index (χ4v) is 6.13. The van der Waals surface area contributed by atoms with Crippen molar-refractivity contribution in [1.29, 1.82) is 0 Å². The summed E-state index contributed by atoms with van der Waals surface area (Å²) in [5.41, 5.74) is 1.16. The summed E-state index contributed by atoms with van der Waals surface area (Å²) in [6, 6.07) is 13.6. The molecule has 0 spiro atoms. The first-order valence-corrected chi connectivity index (χ1v) is 11.7. The van der Waals surface area contributed by atoms with E-state index in [1.165, 1.54) is 15.6 Å². The number of carbonyl (C=O) groups is 1. The second kappa shape index (κ2) is 9.17. The number of nitrogens with zero attached hydrogens (tertiary/aromatic N) is 2. The Labute approximate surface area is 171 Å². The van der Waals surface area contributed by atoms with Crippen LogP contribution in [0.25, 0.3) is 0 Å². The van der Waals surface area contributed by atoms with Crippen LogP contribution in [0.5, 0.6) is 0 Å². The van der Waals surface area contributed by atoms with Crippen LogP contribution in [0.4, 0.5) is 0 Å². The maximum atomic E-state index is 12.6. The molecule has 1 unspecified atom stereocenters. The number of piperidine rings is 1. The fraction of sp³-hybridized carbons (Fsp3) is 0.450. The van der Waals surface area contributed by atoms with Gasteiger partial charge in [-0.1, -0.05) is 36.4 Å². The van der Waals surface area contributed by atoms with Crippen LogP contribution >= 0.6 is 11.3 Å². The molecule has 0 bridgehead atoms. The zero-order valence-electron chi connectivity index (χ0n) is 16.2. The SMILES string of the molecule is CN(C)C(CNC(=O)C1CCN(S(=O)(=O)c2cccs2)CC1)c1ccccc1. The van der Waals surface area contributed by atoms with E-state index in [1.807, 2.05) is 32.3 Å². The lowest BCUT2D eigenvalue weighted by Gasteiger charge is -2.31. The first-order chi connectivity index (χ1) is 13.4. The molecule has 2 aromatic rings. The Hall–Kier alpha value is -1.74. The van der Waals surface area contributed by atoms with Gasteiger partial charge in [0.25, 0.3) is 10.0 Å². The van der Waals surface area contributed by atoms with Gasteiger partial charge in [-0.25, -0.2) is 8.42 Å². The van der Waals surface area contributed by atoms with Crippen molar-refractivity contribution >= 4 is 27.3 Å². The van der Waals surface area contributed by atoms with E-state index >= 15 is 0 Å². The van der Waals surface area contributed by atoms with Gasteiger partial charge in [-0.05, 0) is 43.9 Å². The van der Waals surface area contributed by atoms with Crippen molar-refractivity contribution in [2.75, 3.05) is 33.7 Å². The fourth-order valence-electron chi connectivity index (χ4n) is 3.51. The molecule has 0 radical (unpaired) electrons. The Morgan fingerprint density at radius 2 is 1.86 bits per heavy atom. The smallest absolute Gasteiger partial charge is 0.252 e. The summed E-state index contributed by atoms with van der Waals surface area (Å²) in [4.78, 5) is 14.7. The van der Waals surface area contributed by atoms with Gasteiger partial charge in [0.15, 0.2) is 0 Å². The number of likely N-dealkylation sites (N-methyl/N-ethyl adjacent to an activating group) is 1. The molecule has 1 aliphatic heterocycles. The molecule has 1 aliphatic rings. The first-order valence-electron chi connectivity index (χ1n) is 9.42. The number of rotatable bonds is 7. The molecule has 0 aliphatic carbocycles. The predicted octanol–water partition coefficient (Wildman–Crippen LogP) is 2.57. The zero-order chi connectivity index (χ0) is 20.1. The molecule has 1 aromatic heterocycles. The average Bonchev–Trinajstić information content (AvgIpc) is 3.24. The Bertz CT molecular complexity index is 859. The highest BCUT2D eigenvalue weighted by Crippen LogP contribution is 2.26. The van der Waals surface area contributed by atoms with E-state index in [-0.39, 0.29) is 17.9 Å². The number of carbonyl (C=O) groups excluding carboxylic acids is 1. The van der Waals surface area contributed by atoms with Crippen molar-refractivity contribution in [1.82, 2.24) is 14.5 Å². The van der Waals surface area contributed by atoms with E-state index in [0.29, 0.717) is 36.7 Å².